The Kier molecular flexibility index (Phi) is 6.87. The van der Waals surface area contributed by atoms with Crippen molar-refractivity contribution < 1.29 is 4.74 Å². The number of anilines is 1. The van der Waals surface area contributed by atoms with Gasteiger partial charge in [0.25, 0.3) is 0 Å². The second-order valence-electron chi connectivity index (χ2n) is 8.32. The molecule has 1 aromatic rings. The lowest BCUT2D eigenvalue weighted by Gasteiger charge is -2.37. The fraction of sp³-hybridized carbons (Fsp3) is 0.810. The smallest absolute Gasteiger partial charge is 0.133 e. The number of rotatable bonds is 7. The maximum atomic E-state index is 5.77. The first-order chi connectivity index (χ1) is 12.6. The van der Waals surface area contributed by atoms with Crippen LogP contribution in [0.3, 0.4) is 0 Å². The highest BCUT2D eigenvalue weighted by Crippen LogP contribution is 2.27. The van der Waals surface area contributed by atoms with Crippen molar-refractivity contribution in [2.75, 3.05) is 44.3 Å². The zero-order chi connectivity index (χ0) is 18.5. The summed E-state index contributed by atoms with van der Waals surface area (Å²) in [6.45, 7) is 15.1. The van der Waals surface area contributed by atoms with Gasteiger partial charge in [-0.05, 0) is 45.1 Å². The number of ether oxygens (including phenoxy) is 1. The third-order valence-electron chi connectivity index (χ3n) is 5.70. The molecule has 0 bridgehead atoms. The molecule has 1 aromatic heterocycles. The van der Waals surface area contributed by atoms with E-state index in [0.29, 0.717) is 5.92 Å². The molecule has 3 heterocycles. The molecule has 0 saturated carbocycles. The summed E-state index contributed by atoms with van der Waals surface area (Å²) in [4.78, 5) is 14.6. The lowest BCUT2D eigenvalue weighted by atomic mass is 10.0. The Morgan fingerprint density at radius 3 is 2.62 bits per heavy atom. The maximum absolute atomic E-state index is 5.77. The van der Waals surface area contributed by atoms with Gasteiger partial charge in [-0.25, -0.2) is 9.97 Å². The maximum Gasteiger partial charge on any atom is 0.133 e. The molecule has 146 valence electrons. The van der Waals surface area contributed by atoms with Crippen LogP contribution in [0, 0.1) is 12.8 Å². The van der Waals surface area contributed by atoms with Gasteiger partial charge in [0.2, 0.25) is 0 Å². The molecule has 0 unspecified atom stereocenters. The molecule has 0 aliphatic carbocycles. The van der Waals surface area contributed by atoms with Crippen molar-refractivity contribution in [3.8, 4) is 0 Å². The van der Waals surface area contributed by atoms with Gasteiger partial charge in [0.15, 0.2) is 0 Å². The summed E-state index contributed by atoms with van der Waals surface area (Å²) in [6, 6.07) is 2.87. The normalized spacial score (nSPS) is 22.5. The van der Waals surface area contributed by atoms with Crippen molar-refractivity contribution in [3.05, 3.63) is 17.6 Å². The number of aromatic nitrogens is 2. The van der Waals surface area contributed by atoms with Gasteiger partial charge in [-0.3, -0.25) is 4.90 Å². The summed E-state index contributed by atoms with van der Waals surface area (Å²) in [6.07, 6.45) is 4.90. The Morgan fingerprint density at radius 1 is 1.15 bits per heavy atom. The van der Waals surface area contributed by atoms with E-state index in [0.717, 1.165) is 62.0 Å². The van der Waals surface area contributed by atoms with Gasteiger partial charge in [0.05, 0.1) is 6.61 Å². The van der Waals surface area contributed by atoms with E-state index in [-0.39, 0.29) is 0 Å². The average Bonchev–Trinajstić information content (AvgIpc) is 3.10. The van der Waals surface area contributed by atoms with Crippen molar-refractivity contribution in [1.29, 1.82) is 0 Å². The van der Waals surface area contributed by atoms with E-state index < -0.39 is 0 Å². The fourth-order valence-corrected chi connectivity index (χ4v) is 4.18. The predicted molar refractivity (Wildman–Crippen MR) is 107 cm³/mol. The first-order valence-corrected chi connectivity index (χ1v) is 10.5. The van der Waals surface area contributed by atoms with Crippen LogP contribution in [0.1, 0.15) is 63.9 Å². The summed E-state index contributed by atoms with van der Waals surface area (Å²) in [7, 11) is 0. The fourth-order valence-electron chi connectivity index (χ4n) is 4.18. The minimum absolute atomic E-state index is 0.377. The van der Waals surface area contributed by atoms with Crippen LogP contribution in [0.15, 0.2) is 6.07 Å². The van der Waals surface area contributed by atoms with Gasteiger partial charge < -0.3 is 9.64 Å². The topological polar surface area (TPSA) is 41.5 Å². The lowest BCUT2D eigenvalue weighted by Crippen LogP contribution is -2.44. The molecule has 2 saturated heterocycles. The standard InChI is InChI=1S/C21H36N4O/c1-5-12-26-15-18-6-9-25(14-18)19-7-10-24(11-8-19)20-13-17(4)22-21(23-20)16(2)3/h13,16,18-19H,5-12,14-15H2,1-4H3/t18-/m1/s1. The number of hydrogen-bond acceptors (Lipinski definition) is 5. The van der Waals surface area contributed by atoms with Crippen LogP contribution in [-0.4, -0.2) is 60.3 Å². The summed E-state index contributed by atoms with van der Waals surface area (Å²) in [5.41, 5.74) is 1.08. The number of likely N-dealkylation sites (tertiary alicyclic amines) is 1. The van der Waals surface area contributed by atoms with E-state index in [1.165, 1.54) is 32.4 Å². The minimum Gasteiger partial charge on any atom is -0.381 e. The van der Waals surface area contributed by atoms with Crippen LogP contribution in [-0.2, 0) is 4.74 Å². The van der Waals surface area contributed by atoms with Crippen LogP contribution in [0.25, 0.3) is 0 Å². The highest BCUT2D eigenvalue weighted by molar-refractivity contribution is 5.40. The highest BCUT2D eigenvalue weighted by Gasteiger charge is 2.31. The molecule has 0 radical (unpaired) electrons. The van der Waals surface area contributed by atoms with E-state index >= 15 is 0 Å². The molecule has 5 nitrogen and oxygen atoms in total. The molecule has 0 aromatic carbocycles. The molecule has 5 heteroatoms. The molecule has 0 N–H and O–H groups in total. The highest BCUT2D eigenvalue weighted by atomic mass is 16.5. The van der Waals surface area contributed by atoms with Crippen molar-refractivity contribution in [3.63, 3.8) is 0 Å². The molecule has 26 heavy (non-hydrogen) atoms. The molecular weight excluding hydrogens is 324 g/mol. The SMILES string of the molecule is CCCOC[C@@H]1CCN(C2CCN(c3cc(C)nc(C(C)C)n3)CC2)C1. The second-order valence-corrected chi connectivity index (χ2v) is 8.32. The monoisotopic (exact) mass is 360 g/mol. The van der Waals surface area contributed by atoms with Crippen molar-refractivity contribution in [2.45, 2.75) is 65.3 Å². The third kappa shape index (κ3) is 4.95. The number of hydrogen-bond donors (Lipinski definition) is 0. The van der Waals surface area contributed by atoms with Gasteiger partial charge in [-0.1, -0.05) is 20.8 Å². The van der Waals surface area contributed by atoms with Crippen molar-refractivity contribution in [1.82, 2.24) is 14.9 Å². The first-order valence-electron chi connectivity index (χ1n) is 10.5. The van der Waals surface area contributed by atoms with Crippen LogP contribution in [0.5, 0.6) is 0 Å². The van der Waals surface area contributed by atoms with Gasteiger partial charge >= 0.3 is 0 Å². The molecular formula is C21H36N4O. The Hall–Kier alpha value is -1.20. The molecule has 1 atom stereocenters. The van der Waals surface area contributed by atoms with Gasteiger partial charge in [0, 0.05) is 50.0 Å². The van der Waals surface area contributed by atoms with Crippen molar-refractivity contribution in [2.24, 2.45) is 5.92 Å². The Morgan fingerprint density at radius 2 is 1.92 bits per heavy atom. The van der Waals surface area contributed by atoms with E-state index in [9.17, 15) is 0 Å². The molecule has 0 spiro atoms. The summed E-state index contributed by atoms with van der Waals surface area (Å²) >= 11 is 0. The first kappa shape index (κ1) is 19.6. The third-order valence-corrected chi connectivity index (χ3v) is 5.70. The van der Waals surface area contributed by atoms with E-state index in [1.54, 1.807) is 0 Å². The zero-order valence-electron chi connectivity index (χ0n) is 17.1. The summed E-state index contributed by atoms with van der Waals surface area (Å²) in [5.74, 6) is 3.20. The Labute approximate surface area is 159 Å². The Balaban J connectivity index is 1.50. The van der Waals surface area contributed by atoms with Gasteiger partial charge in [-0.2, -0.15) is 0 Å². The van der Waals surface area contributed by atoms with Gasteiger partial charge in [-0.15, -0.1) is 0 Å². The van der Waals surface area contributed by atoms with Gasteiger partial charge in [0.1, 0.15) is 11.6 Å². The summed E-state index contributed by atoms with van der Waals surface area (Å²) in [5, 5.41) is 0. The number of piperidine rings is 1. The molecule has 2 aliphatic rings. The average molecular weight is 361 g/mol. The quantitative estimate of drug-likeness (QED) is 0.695. The molecule has 2 fully saturated rings. The van der Waals surface area contributed by atoms with Crippen LogP contribution >= 0.6 is 0 Å². The van der Waals surface area contributed by atoms with Crippen LogP contribution in [0.4, 0.5) is 5.82 Å². The molecule has 2 aliphatic heterocycles. The minimum atomic E-state index is 0.377. The van der Waals surface area contributed by atoms with E-state index in [2.05, 4.69) is 48.5 Å². The predicted octanol–water partition coefficient (Wildman–Crippen LogP) is 3.63. The van der Waals surface area contributed by atoms with E-state index in [1.807, 2.05) is 0 Å². The molecule has 3 rings (SSSR count). The number of nitrogens with zero attached hydrogens (tertiary/aromatic N) is 4. The van der Waals surface area contributed by atoms with Crippen molar-refractivity contribution >= 4 is 5.82 Å². The lowest BCUT2D eigenvalue weighted by molar-refractivity contribution is 0.0974. The van der Waals surface area contributed by atoms with Crippen LogP contribution < -0.4 is 4.90 Å². The second kappa shape index (κ2) is 9.14. The van der Waals surface area contributed by atoms with Crippen LogP contribution in [0.2, 0.25) is 0 Å². The largest absolute Gasteiger partial charge is 0.381 e. The zero-order valence-corrected chi connectivity index (χ0v) is 17.1. The number of aryl methyl sites for hydroxylation is 1. The summed E-state index contributed by atoms with van der Waals surface area (Å²) < 4.78 is 5.77. The Bertz CT molecular complexity index is 569. The molecule has 0 amide bonds. The van der Waals surface area contributed by atoms with E-state index in [4.69, 9.17) is 9.72 Å².